The lowest BCUT2D eigenvalue weighted by molar-refractivity contribution is 0.410. The maximum Gasteiger partial charge on any atom is 0.134 e. The van der Waals surface area contributed by atoms with Crippen LogP contribution < -0.4 is 10.5 Å². The second kappa shape index (κ2) is 5.04. The van der Waals surface area contributed by atoms with Gasteiger partial charge in [0.15, 0.2) is 0 Å². The van der Waals surface area contributed by atoms with Crippen molar-refractivity contribution >= 4 is 5.82 Å². The largest absolute Gasteiger partial charge is 0.496 e. The molecule has 2 rings (SSSR count). The summed E-state index contributed by atoms with van der Waals surface area (Å²) in [7, 11) is 1.68. The van der Waals surface area contributed by atoms with E-state index in [1.54, 1.807) is 7.11 Å². The number of methoxy groups -OCH3 is 1. The molecule has 0 saturated carbocycles. The number of nitrogens with two attached hydrogens (primary N) is 1. The fourth-order valence-electron chi connectivity index (χ4n) is 2.06. The second-order valence-electron chi connectivity index (χ2n) is 4.10. The monoisotopic (exact) mass is 243 g/mol. The van der Waals surface area contributed by atoms with Gasteiger partial charge in [-0.15, -0.1) is 0 Å². The van der Waals surface area contributed by atoms with Crippen molar-refractivity contribution in [1.82, 2.24) is 9.97 Å². The van der Waals surface area contributed by atoms with Gasteiger partial charge in [0, 0.05) is 5.56 Å². The number of nitrogens with zero attached hydrogens (tertiary/aromatic N) is 2. The molecule has 2 aromatic rings. The van der Waals surface area contributed by atoms with Crippen LogP contribution in [0.2, 0.25) is 0 Å². The van der Waals surface area contributed by atoms with Crippen LogP contribution in [0.4, 0.5) is 5.82 Å². The summed E-state index contributed by atoms with van der Waals surface area (Å²) in [5, 5.41) is 0. The van der Waals surface area contributed by atoms with Crippen molar-refractivity contribution < 1.29 is 4.74 Å². The number of hydrogen-bond acceptors (Lipinski definition) is 4. The molecule has 94 valence electrons. The van der Waals surface area contributed by atoms with E-state index in [0.717, 1.165) is 34.6 Å². The quantitative estimate of drug-likeness (QED) is 0.900. The van der Waals surface area contributed by atoms with Crippen LogP contribution >= 0.6 is 0 Å². The lowest BCUT2D eigenvalue weighted by atomic mass is 10.0. The van der Waals surface area contributed by atoms with Gasteiger partial charge < -0.3 is 10.5 Å². The zero-order valence-corrected chi connectivity index (χ0v) is 10.9. The summed E-state index contributed by atoms with van der Waals surface area (Å²) in [5.74, 6) is 1.41. The highest BCUT2D eigenvalue weighted by atomic mass is 16.5. The van der Waals surface area contributed by atoms with E-state index in [2.05, 4.69) is 23.0 Å². The Kier molecular flexibility index (Phi) is 3.46. The van der Waals surface area contributed by atoms with Crippen molar-refractivity contribution in [1.29, 1.82) is 0 Å². The van der Waals surface area contributed by atoms with Crippen LogP contribution in [0.5, 0.6) is 5.75 Å². The molecule has 0 fully saturated rings. The minimum atomic E-state index is 0.509. The first-order valence-electron chi connectivity index (χ1n) is 5.91. The summed E-state index contributed by atoms with van der Waals surface area (Å²) >= 11 is 0. The Morgan fingerprint density at radius 2 is 2.06 bits per heavy atom. The van der Waals surface area contributed by atoms with Crippen LogP contribution in [0, 0.1) is 6.92 Å². The van der Waals surface area contributed by atoms with Gasteiger partial charge in [-0.3, -0.25) is 0 Å². The lowest BCUT2D eigenvalue weighted by Crippen LogP contribution is -1.99. The maximum atomic E-state index is 5.93. The summed E-state index contributed by atoms with van der Waals surface area (Å²) in [6, 6.07) is 6.03. The predicted molar refractivity (Wildman–Crippen MR) is 72.5 cm³/mol. The summed E-state index contributed by atoms with van der Waals surface area (Å²) < 4.78 is 5.33. The molecule has 0 unspecified atom stereocenters. The van der Waals surface area contributed by atoms with E-state index in [9.17, 15) is 0 Å². The van der Waals surface area contributed by atoms with Gasteiger partial charge in [0.1, 0.15) is 17.9 Å². The highest BCUT2D eigenvalue weighted by Gasteiger charge is 2.10. The summed E-state index contributed by atoms with van der Waals surface area (Å²) in [6.45, 7) is 4.03. The molecule has 0 atom stereocenters. The number of rotatable bonds is 3. The zero-order chi connectivity index (χ0) is 13.1. The molecule has 4 nitrogen and oxygen atoms in total. The van der Waals surface area contributed by atoms with Crippen LogP contribution in [0.15, 0.2) is 24.5 Å². The molecule has 1 heterocycles. The normalized spacial score (nSPS) is 10.4. The smallest absolute Gasteiger partial charge is 0.134 e. The van der Waals surface area contributed by atoms with Crippen molar-refractivity contribution in [3.63, 3.8) is 0 Å². The fraction of sp³-hybridized carbons (Fsp3) is 0.286. The molecule has 4 heteroatoms. The van der Waals surface area contributed by atoms with E-state index in [4.69, 9.17) is 10.5 Å². The number of hydrogen-bond donors (Lipinski definition) is 1. The first kappa shape index (κ1) is 12.4. The number of nitrogen functional groups attached to an aromatic ring is 1. The molecule has 0 bridgehead atoms. The summed E-state index contributed by atoms with van der Waals surface area (Å²) in [4.78, 5) is 8.24. The van der Waals surface area contributed by atoms with Crippen LogP contribution in [-0.4, -0.2) is 17.1 Å². The summed E-state index contributed by atoms with van der Waals surface area (Å²) in [6.07, 6.45) is 2.39. The van der Waals surface area contributed by atoms with E-state index in [-0.39, 0.29) is 0 Å². The van der Waals surface area contributed by atoms with Crippen LogP contribution in [0.25, 0.3) is 11.1 Å². The Morgan fingerprint density at radius 1 is 1.28 bits per heavy atom. The molecule has 2 N–H and O–H groups in total. The average molecular weight is 243 g/mol. The van der Waals surface area contributed by atoms with Crippen LogP contribution in [0.3, 0.4) is 0 Å². The van der Waals surface area contributed by atoms with Gasteiger partial charge in [-0.25, -0.2) is 9.97 Å². The Hall–Kier alpha value is -2.10. The highest BCUT2D eigenvalue weighted by molar-refractivity contribution is 5.76. The SMILES string of the molecule is CCc1cc(-c2c(C)ncnc2N)ccc1OC. The number of anilines is 1. The first-order valence-corrected chi connectivity index (χ1v) is 5.91. The van der Waals surface area contributed by atoms with E-state index in [0.29, 0.717) is 5.82 Å². The topological polar surface area (TPSA) is 61.0 Å². The Morgan fingerprint density at radius 3 is 2.67 bits per heavy atom. The molecule has 0 aliphatic carbocycles. The zero-order valence-electron chi connectivity index (χ0n) is 10.9. The van der Waals surface area contributed by atoms with E-state index in [1.165, 1.54) is 6.33 Å². The van der Waals surface area contributed by atoms with E-state index >= 15 is 0 Å². The number of aromatic nitrogens is 2. The number of benzene rings is 1. The minimum absolute atomic E-state index is 0.509. The molecule has 0 amide bonds. The average Bonchev–Trinajstić information content (AvgIpc) is 2.38. The molecule has 0 aliphatic rings. The predicted octanol–water partition coefficient (Wildman–Crippen LogP) is 2.61. The van der Waals surface area contributed by atoms with Crippen LogP contribution in [0.1, 0.15) is 18.2 Å². The molecular weight excluding hydrogens is 226 g/mol. The standard InChI is InChI=1S/C14H17N3O/c1-4-10-7-11(5-6-12(10)18-3)13-9(2)16-8-17-14(13)15/h5-8H,4H2,1-3H3,(H2,15,16,17). The Balaban J connectivity index is 2.58. The highest BCUT2D eigenvalue weighted by Crippen LogP contribution is 2.30. The number of ether oxygens (including phenoxy) is 1. The van der Waals surface area contributed by atoms with Gasteiger partial charge in [-0.05, 0) is 36.6 Å². The molecule has 1 aromatic heterocycles. The first-order chi connectivity index (χ1) is 8.67. The lowest BCUT2D eigenvalue weighted by Gasteiger charge is -2.11. The molecule has 0 saturated heterocycles. The molecular formula is C14H17N3O. The van der Waals surface area contributed by atoms with E-state index < -0.39 is 0 Å². The molecule has 0 aliphatic heterocycles. The van der Waals surface area contributed by atoms with Crippen molar-refractivity contribution in [3.05, 3.63) is 35.8 Å². The molecule has 1 aromatic carbocycles. The Labute approximate surface area is 107 Å². The van der Waals surface area contributed by atoms with Gasteiger partial charge >= 0.3 is 0 Å². The van der Waals surface area contributed by atoms with Crippen molar-refractivity contribution in [3.8, 4) is 16.9 Å². The molecule has 0 spiro atoms. The third-order valence-corrected chi connectivity index (χ3v) is 3.02. The van der Waals surface area contributed by atoms with E-state index in [1.807, 2.05) is 19.1 Å². The van der Waals surface area contributed by atoms with Gasteiger partial charge in [0.25, 0.3) is 0 Å². The van der Waals surface area contributed by atoms with Crippen molar-refractivity contribution in [2.24, 2.45) is 0 Å². The van der Waals surface area contributed by atoms with Gasteiger partial charge in [0.2, 0.25) is 0 Å². The third-order valence-electron chi connectivity index (χ3n) is 3.02. The number of aryl methyl sites for hydroxylation is 2. The fourth-order valence-corrected chi connectivity index (χ4v) is 2.06. The van der Waals surface area contributed by atoms with Gasteiger partial charge in [-0.1, -0.05) is 13.0 Å². The molecule has 18 heavy (non-hydrogen) atoms. The minimum Gasteiger partial charge on any atom is -0.496 e. The summed E-state index contributed by atoms with van der Waals surface area (Å²) in [5.41, 5.74) is 9.90. The van der Waals surface area contributed by atoms with Gasteiger partial charge in [-0.2, -0.15) is 0 Å². The second-order valence-corrected chi connectivity index (χ2v) is 4.10. The van der Waals surface area contributed by atoms with Gasteiger partial charge in [0.05, 0.1) is 12.8 Å². The van der Waals surface area contributed by atoms with Crippen molar-refractivity contribution in [2.75, 3.05) is 12.8 Å². The maximum absolute atomic E-state index is 5.93. The van der Waals surface area contributed by atoms with Crippen LogP contribution in [-0.2, 0) is 6.42 Å². The van der Waals surface area contributed by atoms with Crippen molar-refractivity contribution in [2.45, 2.75) is 20.3 Å². The molecule has 0 radical (unpaired) electrons. The Bertz CT molecular complexity index is 547. The third kappa shape index (κ3) is 2.14.